The molecule has 0 aromatic rings. The maximum atomic E-state index is 13.1. The SMILES string of the molecule is CCCCCCCCCCCCCC/C=C\CCCCCCCCCCCCCC(=O)NC(COC1OC(CO)C(O)C(O)C1O)C(O)/C=C/CCCCCCCCCCCCCCCCCCCCCCCCC. The van der Waals surface area contributed by atoms with E-state index in [1.54, 1.807) is 6.08 Å². The minimum atomic E-state index is -1.57. The number of nitrogens with one attached hydrogen (secondary N) is 1. The van der Waals surface area contributed by atoms with E-state index in [1.807, 2.05) is 6.08 Å². The van der Waals surface area contributed by atoms with Crippen molar-refractivity contribution in [1.29, 1.82) is 0 Å². The summed E-state index contributed by atoms with van der Waals surface area (Å²) in [6, 6.07) is -0.805. The van der Waals surface area contributed by atoms with Gasteiger partial charge in [-0.05, 0) is 44.9 Å². The summed E-state index contributed by atoms with van der Waals surface area (Å²) in [5, 5.41) is 54.7. The fraction of sp³-hybridized carbons (Fsp3) is 0.924. The molecule has 7 atom stereocenters. The van der Waals surface area contributed by atoms with Gasteiger partial charge in [0.15, 0.2) is 6.29 Å². The molecule has 0 aromatic heterocycles. The Bertz CT molecular complexity index is 1230. The Balaban J connectivity index is 2.16. The number of rotatable bonds is 58. The summed E-state index contributed by atoms with van der Waals surface area (Å²) in [5.74, 6) is -0.172. The molecule has 0 aromatic carbocycles. The lowest BCUT2D eigenvalue weighted by molar-refractivity contribution is -0.302. The Morgan fingerprint density at radius 2 is 0.747 bits per heavy atom. The normalized spacial score (nSPS) is 18.9. The Morgan fingerprint density at radius 3 is 1.08 bits per heavy atom. The largest absolute Gasteiger partial charge is 0.394 e. The fourth-order valence-electron chi connectivity index (χ4n) is 10.8. The molecule has 444 valence electrons. The van der Waals surface area contributed by atoms with Gasteiger partial charge in [-0.25, -0.2) is 0 Å². The summed E-state index contributed by atoms with van der Waals surface area (Å²) in [4.78, 5) is 13.1. The van der Waals surface area contributed by atoms with Crippen molar-refractivity contribution in [3.63, 3.8) is 0 Å². The van der Waals surface area contributed by atoms with Crippen LogP contribution in [0.15, 0.2) is 24.3 Å². The lowest BCUT2D eigenvalue weighted by Crippen LogP contribution is -2.60. The molecule has 1 fully saturated rings. The second kappa shape index (κ2) is 56.0. The standard InChI is InChI=1S/C66H127NO8/c1-3-5-7-9-11-13-15-17-19-21-23-25-27-29-30-32-34-36-38-40-42-44-46-48-50-52-54-56-62(70)67-59(58-74-66-65(73)64(72)63(71)61(57-68)75-66)60(69)55-53-51-49-47-45-43-41-39-37-35-33-31-28-26-24-22-20-18-16-14-12-10-8-6-4-2/h29-30,53,55,59-61,63-66,68-69,71-73H,3-28,31-52,54,56-58H2,1-2H3,(H,67,70)/b30-29-,55-53+. The average Bonchev–Trinajstić information content (AvgIpc) is 3.41. The van der Waals surface area contributed by atoms with E-state index in [1.165, 1.54) is 276 Å². The minimum absolute atomic E-state index is 0.172. The molecule has 0 saturated carbocycles. The maximum Gasteiger partial charge on any atom is 0.220 e. The van der Waals surface area contributed by atoms with Crippen LogP contribution in [0.2, 0.25) is 0 Å². The summed E-state index contributed by atoms with van der Waals surface area (Å²) in [7, 11) is 0. The van der Waals surface area contributed by atoms with Gasteiger partial charge in [-0.15, -0.1) is 0 Å². The average molecular weight is 1060 g/mol. The van der Waals surface area contributed by atoms with Gasteiger partial charge in [0.05, 0.1) is 25.4 Å². The predicted molar refractivity (Wildman–Crippen MR) is 318 cm³/mol. The highest BCUT2D eigenvalue weighted by molar-refractivity contribution is 5.76. The Hall–Kier alpha value is -1.33. The molecular formula is C66H127NO8. The molecule has 0 aliphatic carbocycles. The van der Waals surface area contributed by atoms with Gasteiger partial charge in [-0.3, -0.25) is 4.79 Å². The monoisotopic (exact) mass is 1060 g/mol. The van der Waals surface area contributed by atoms with Crippen LogP contribution in [0.5, 0.6) is 0 Å². The molecule has 1 amide bonds. The molecule has 0 bridgehead atoms. The molecule has 1 aliphatic rings. The van der Waals surface area contributed by atoms with E-state index in [9.17, 15) is 30.3 Å². The van der Waals surface area contributed by atoms with Crippen molar-refractivity contribution in [2.75, 3.05) is 13.2 Å². The number of aliphatic hydroxyl groups is 5. The summed E-state index contributed by atoms with van der Waals surface area (Å²) < 4.78 is 11.3. The van der Waals surface area contributed by atoms with Crippen LogP contribution in [0.4, 0.5) is 0 Å². The van der Waals surface area contributed by atoms with E-state index >= 15 is 0 Å². The molecule has 9 nitrogen and oxygen atoms in total. The van der Waals surface area contributed by atoms with Crippen molar-refractivity contribution < 1.29 is 39.8 Å². The zero-order valence-electron chi connectivity index (χ0n) is 49.6. The van der Waals surface area contributed by atoms with E-state index in [2.05, 4.69) is 31.3 Å². The van der Waals surface area contributed by atoms with Crippen LogP contribution in [0.3, 0.4) is 0 Å². The van der Waals surface area contributed by atoms with Gasteiger partial charge in [0.1, 0.15) is 24.4 Å². The van der Waals surface area contributed by atoms with Gasteiger partial charge in [0.25, 0.3) is 0 Å². The molecule has 1 heterocycles. The number of carbonyl (C=O) groups excluding carboxylic acids is 1. The quantitative estimate of drug-likeness (QED) is 0.0261. The molecule has 1 aliphatic heterocycles. The van der Waals surface area contributed by atoms with Crippen LogP contribution in [-0.4, -0.2) is 87.5 Å². The molecule has 1 saturated heterocycles. The second-order valence-corrected chi connectivity index (χ2v) is 23.3. The summed E-state index contributed by atoms with van der Waals surface area (Å²) in [6.07, 6.45) is 65.5. The summed E-state index contributed by atoms with van der Waals surface area (Å²) in [5.41, 5.74) is 0. The van der Waals surface area contributed by atoms with Crippen molar-refractivity contribution in [3.05, 3.63) is 24.3 Å². The molecule has 1 rings (SSSR count). The van der Waals surface area contributed by atoms with Crippen LogP contribution < -0.4 is 5.32 Å². The number of amides is 1. The Labute approximate surface area is 464 Å². The van der Waals surface area contributed by atoms with E-state index in [-0.39, 0.29) is 12.5 Å². The van der Waals surface area contributed by atoms with Crippen LogP contribution in [0.1, 0.15) is 335 Å². The molecule has 0 spiro atoms. The third-order valence-electron chi connectivity index (χ3n) is 16.0. The van der Waals surface area contributed by atoms with Gasteiger partial charge >= 0.3 is 0 Å². The predicted octanol–water partition coefficient (Wildman–Crippen LogP) is 17.3. The number of ether oxygens (including phenoxy) is 2. The lowest BCUT2D eigenvalue weighted by Gasteiger charge is -2.40. The highest BCUT2D eigenvalue weighted by Gasteiger charge is 2.44. The van der Waals surface area contributed by atoms with Gasteiger partial charge in [-0.2, -0.15) is 0 Å². The first-order valence-corrected chi connectivity index (χ1v) is 33.1. The van der Waals surface area contributed by atoms with Crippen LogP contribution >= 0.6 is 0 Å². The first-order chi connectivity index (χ1) is 36.8. The number of carbonyl (C=O) groups is 1. The number of allylic oxidation sites excluding steroid dienone is 3. The Kier molecular flexibility index (Phi) is 53.5. The zero-order chi connectivity index (χ0) is 54.3. The van der Waals surface area contributed by atoms with Crippen LogP contribution in [0, 0.1) is 0 Å². The highest BCUT2D eigenvalue weighted by Crippen LogP contribution is 2.23. The molecular weight excluding hydrogens is 935 g/mol. The maximum absolute atomic E-state index is 13.1. The van der Waals surface area contributed by atoms with Gasteiger partial charge in [0, 0.05) is 6.42 Å². The van der Waals surface area contributed by atoms with E-state index in [0.717, 1.165) is 38.5 Å². The molecule has 7 unspecified atom stereocenters. The van der Waals surface area contributed by atoms with Crippen LogP contribution in [0.25, 0.3) is 0 Å². The van der Waals surface area contributed by atoms with Crippen LogP contribution in [-0.2, 0) is 14.3 Å². The van der Waals surface area contributed by atoms with E-state index in [0.29, 0.717) is 6.42 Å². The molecule has 0 radical (unpaired) electrons. The molecule has 9 heteroatoms. The third-order valence-corrected chi connectivity index (χ3v) is 16.0. The minimum Gasteiger partial charge on any atom is -0.394 e. The van der Waals surface area contributed by atoms with Gasteiger partial charge in [0.2, 0.25) is 5.91 Å². The van der Waals surface area contributed by atoms with Crippen molar-refractivity contribution in [2.24, 2.45) is 0 Å². The first-order valence-electron chi connectivity index (χ1n) is 33.1. The third kappa shape index (κ3) is 45.1. The van der Waals surface area contributed by atoms with E-state index in [4.69, 9.17) is 9.47 Å². The number of unbranched alkanes of at least 4 members (excludes halogenated alkanes) is 46. The number of aliphatic hydroxyl groups excluding tert-OH is 5. The fourth-order valence-corrected chi connectivity index (χ4v) is 10.8. The van der Waals surface area contributed by atoms with E-state index < -0.39 is 49.5 Å². The summed E-state index contributed by atoms with van der Waals surface area (Å²) in [6.45, 7) is 3.83. The Morgan fingerprint density at radius 1 is 0.440 bits per heavy atom. The highest BCUT2D eigenvalue weighted by atomic mass is 16.7. The summed E-state index contributed by atoms with van der Waals surface area (Å²) >= 11 is 0. The van der Waals surface area contributed by atoms with Gasteiger partial charge in [-0.1, -0.05) is 308 Å². The lowest BCUT2D eigenvalue weighted by atomic mass is 9.99. The first kappa shape index (κ1) is 71.7. The molecule has 75 heavy (non-hydrogen) atoms. The second-order valence-electron chi connectivity index (χ2n) is 23.3. The smallest absolute Gasteiger partial charge is 0.220 e. The van der Waals surface area contributed by atoms with Gasteiger partial charge < -0.3 is 40.3 Å². The molecule has 6 N–H and O–H groups in total. The number of hydrogen-bond acceptors (Lipinski definition) is 8. The van der Waals surface area contributed by atoms with Crippen molar-refractivity contribution in [2.45, 2.75) is 378 Å². The van der Waals surface area contributed by atoms with Crippen molar-refractivity contribution in [3.8, 4) is 0 Å². The number of hydrogen-bond donors (Lipinski definition) is 6. The van der Waals surface area contributed by atoms with Crippen molar-refractivity contribution in [1.82, 2.24) is 5.32 Å². The van der Waals surface area contributed by atoms with Crippen molar-refractivity contribution >= 4 is 5.91 Å². The zero-order valence-corrected chi connectivity index (χ0v) is 49.6. The topological polar surface area (TPSA) is 149 Å².